The number of nitrogens with zero attached hydrogens (tertiary/aromatic N) is 1. The predicted molar refractivity (Wildman–Crippen MR) is 272 cm³/mol. The first kappa shape index (κ1) is 60.4. The van der Waals surface area contributed by atoms with Gasteiger partial charge in [0.05, 0.1) is 39.9 Å². The van der Waals surface area contributed by atoms with E-state index >= 15 is 0 Å². The summed E-state index contributed by atoms with van der Waals surface area (Å²) in [6, 6.07) is -0.873. The Morgan fingerprint density at radius 2 is 0.968 bits per heavy atom. The van der Waals surface area contributed by atoms with E-state index in [1.807, 2.05) is 27.2 Å². The van der Waals surface area contributed by atoms with Crippen molar-refractivity contribution in [3.05, 3.63) is 97.2 Å². The molecule has 0 aromatic rings. The molecule has 0 radical (unpaired) electrons. The third-order valence-corrected chi connectivity index (χ3v) is 11.5. The molecule has 8 nitrogen and oxygen atoms in total. The molecule has 3 unspecified atom stereocenters. The number of unbranched alkanes of at least 4 members (excludes halogenated alkanes) is 17. The van der Waals surface area contributed by atoms with Crippen molar-refractivity contribution in [2.75, 3.05) is 40.9 Å². The van der Waals surface area contributed by atoms with Crippen molar-refractivity contribution >= 4 is 13.7 Å². The summed E-state index contributed by atoms with van der Waals surface area (Å²) in [4.78, 5) is 23.2. The van der Waals surface area contributed by atoms with Crippen molar-refractivity contribution in [1.29, 1.82) is 0 Å². The average molecular weight is 900 g/mol. The van der Waals surface area contributed by atoms with Crippen LogP contribution in [0.5, 0.6) is 0 Å². The van der Waals surface area contributed by atoms with Gasteiger partial charge >= 0.3 is 7.82 Å². The maximum absolute atomic E-state index is 12.9. The summed E-state index contributed by atoms with van der Waals surface area (Å²) in [6.07, 6.45) is 63.4. The van der Waals surface area contributed by atoms with Gasteiger partial charge in [-0.1, -0.05) is 195 Å². The summed E-state index contributed by atoms with van der Waals surface area (Å²) >= 11 is 0. The van der Waals surface area contributed by atoms with E-state index in [2.05, 4.69) is 104 Å². The highest BCUT2D eigenvalue weighted by Crippen LogP contribution is 2.43. The third kappa shape index (κ3) is 47.2. The molecule has 0 bridgehead atoms. The van der Waals surface area contributed by atoms with E-state index in [1.54, 1.807) is 6.08 Å². The second-order valence-electron chi connectivity index (χ2n) is 17.8. The molecule has 0 aromatic carbocycles. The number of hydrogen-bond donors (Lipinski definition) is 3. The number of hydrogen-bond acceptors (Lipinski definition) is 5. The van der Waals surface area contributed by atoms with E-state index in [9.17, 15) is 19.4 Å². The average Bonchev–Trinajstić information content (AvgIpc) is 3.24. The zero-order chi connectivity index (χ0) is 46.4. The number of amides is 1. The van der Waals surface area contributed by atoms with E-state index in [0.29, 0.717) is 17.4 Å². The van der Waals surface area contributed by atoms with Gasteiger partial charge in [0.15, 0.2) is 0 Å². The standard InChI is InChI=1S/C54H95N2O6P/c1-6-8-10-12-14-16-18-20-22-23-24-25-26-27-28-29-30-31-32-33-34-36-38-40-42-44-46-48-54(58)55-52(51-62-63(59,60)61-50-49-56(3,4)5)53(57)47-45-43-41-39-37-35-21-19-17-15-13-11-9-7-2/h8,10,14,16,20,22,24-25,27-28,30-31,37,39,45,47,52-53,57H,6-7,9,11-13,15,17-19,21,23,26,29,32-36,38,40-44,46,48-51H2,1-5H3,(H-,55,58,59,60)/p+1/b10-8-,16-14-,22-20-,25-24-,28-27-,31-30-,39-37+,47-45+. The molecule has 63 heavy (non-hydrogen) atoms. The number of quaternary nitrogens is 1. The quantitative estimate of drug-likeness (QED) is 0.0243. The van der Waals surface area contributed by atoms with Gasteiger partial charge in [-0.15, -0.1) is 0 Å². The minimum atomic E-state index is -4.36. The van der Waals surface area contributed by atoms with Gasteiger partial charge in [0.25, 0.3) is 0 Å². The number of nitrogens with one attached hydrogen (secondary N) is 1. The van der Waals surface area contributed by atoms with Crippen molar-refractivity contribution < 1.29 is 32.9 Å². The van der Waals surface area contributed by atoms with E-state index in [1.165, 1.54) is 77.0 Å². The molecule has 3 atom stereocenters. The van der Waals surface area contributed by atoms with Crippen LogP contribution in [0.4, 0.5) is 0 Å². The lowest BCUT2D eigenvalue weighted by Crippen LogP contribution is -2.45. The summed E-state index contributed by atoms with van der Waals surface area (Å²) in [5.41, 5.74) is 0. The van der Waals surface area contributed by atoms with Gasteiger partial charge < -0.3 is 19.8 Å². The number of phosphoric acid groups is 1. The highest BCUT2D eigenvalue weighted by Gasteiger charge is 2.27. The Bertz CT molecular complexity index is 1340. The van der Waals surface area contributed by atoms with E-state index in [-0.39, 0.29) is 19.1 Å². The summed E-state index contributed by atoms with van der Waals surface area (Å²) in [5, 5.41) is 13.8. The normalized spacial score (nSPS) is 15.0. The number of allylic oxidation sites excluding steroid dienone is 15. The lowest BCUT2D eigenvalue weighted by atomic mass is 10.1. The van der Waals surface area contributed by atoms with Crippen molar-refractivity contribution in [3.63, 3.8) is 0 Å². The van der Waals surface area contributed by atoms with Crippen LogP contribution >= 0.6 is 7.82 Å². The molecule has 0 spiro atoms. The van der Waals surface area contributed by atoms with Crippen LogP contribution in [0, 0.1) is 0 Å². The molecule has 0 fully saturated rings. The van der Waals surface area contributed by atoms with Crippen LogP contribution in [-0.2, 0) is 18.4 Å². The Labute approximate surface area is 388 Å². The Kier molecular flexibility index (Phi) is 42.8. The largest absolute Gasteiger partial charge is 0.472 e. The van der Waals surface area contributed by atoms with Gasteiger partial charge in [0.2, 0.25) is 5.91 Å². The fourth-order valence-corrected chi connectivity index (χ4v) is 7.32. The number of rotatable bonds is 44. The lowest BCUT2D eigenvalue weighted by molar-refractivity contribution is -0.870. The molecule has 0 saturated heterocycles. The molecule has 0 saturated carbocycles. The Morgan fingerprint density at radius 1 is 0.556 bits per heavy atom. The lowest BCUT2D eigenvalue weighted by Gasteiger charge is -2.25. The molecule has 1 amide bonds. The number of carbonyl (C=O) groups is 1. The van der Waals surface area contributed by atoms with Crippen LogP contribution in [0.1, 0.15) is 187 Å². The van der Waals surface area contributed by atoms with Crippen LogP contribution < -0.4 is 5.32 Å². The second kappa shape index (κ2) is 44.6. The van der Waals surface area contributed by atoms with E-state index in [0.717, 1.165) is 89.9 Å². The highest BCUT2D eigenvalue weighted by atomic mass is 31.2. The molecule has 3 N–H and O–H groups in total. The maximum atomic E-state index is 12.9. The number of phosphoric ester groups is 1. The zero-order valence-electron chi connectivity index (χ0n) is 41.0. The third-order valence-electron chi connectivity index (χ3n) is 10.5. The SMILES string of the molecule is CC/C=C\C/C=C\C/C=C\C/C=C\C/C=C\C/C=C\CCCCCCCCCCC(=O)NC(COP(=O)(O)OCC[N+](C)(C)C)C(O)/C=C/CC/C=C/CCCCCCCCCC. The van der Waals surface area contributed by atoms with Crippen LogP contribution in [0.2, 0.25) is 0 Å². The monoisotopic (exact) mass is 900 g/mol. The summed E-state index contributed by atoms with van der Waals surface area (Å²) < 4.78 is 23.6. The molecule has 0 aromatic heterocycles. The first-order valence-electron chi connectivity index (χ1n) is 25.1. The fourth-order valence-electron chi connectivity index (χ4n) is 6.59. The number of aliphatic hydroxyl groups excluding tert-OH is 1. The summed E-state index contributed by atoms with van der Waals surface area (Å²) in [5.74, 6) is -0.201. The minimum Gasteiger partial charge on any atom is -0.387 e. The fraction of sp³-hybridized carbons (Fsp3) is 0.685. The predicted octanol–water partition coefficient (Wildman–Crippen LogP) is 14.7. The summed E-state index contributed by atoms with van der Waals surface area (Å²) in [6.45, 7) is 4.65. The Balaban J connectivity index is 4.33. The van der Waals surface area contributed by atoms with E-state index in [4.69, 9.17) is 9.05 Å². The van der Waals surface area contributed by atoms with Crippen molar-refractivity contribution in [1.82, 2.24) is 5.32 Å². The van der Waals surface area contributed by atoms with Gasteiger partial charge in [-0.05, 0) is 83.5 Å². The second-order valence-corrected chi connectivity index (χ2v) is 19.3. The van der Waals surface area contributed by atoms with Crippen LogP contribution in [0.25, 0.3) is 0 Å². The Hall–Kier alpha value is -2.58. The molecule has 0 aliphatic carbocycles. The molecular formula is C54H96N2O6P+. The first-order chi connectivity index (χ1) is 30.5. The Morgan fingerprint density at radius 3 is 1.46 bits per heavy atom. The molecule has 0 aliphatic rings. The molecular weight excluding hydrogens is 804 g/mol. The van der Waals surface area contributed by atoms with Gasteiger partial charge in [-0.25, -0.2) is 4.57 Å². The molecule has 9 heteroatoms. The topological polar surface area (TPSA) is 105 Å². The van der Waals surface area contributed by atoms with Crippen molar-refractivity contribution in [2.45, 2.75) is 199 Å². The van der Waals surface area contributed by atoms with Crippen LogP contribution in [-0.4, -0.2) is 73.4 Å². The first-order valence-corrected chi connectivity index (χ1v) is 26.6. The van der Waals surface area contributed by atoms with Crippen LogP contribution in [0.15, 0.2) is 97.2 Å². The van der Waals surface area contributed by atoms with Gasteiger partial charge in [0.1, 0.15) is 13.2 Å². The zero-order valence-corrected chi connectivity index (χ0v) is 41.9. The maximum Gasteiger partial charge on any atom is 0.472 e. The number of likely N-dealkylation sites (N-methyl/N-ethyl adjacent to an activating group) is 1. The smallest absolute Gasteiger partial charge is 0.387 e. The van der Waals surface area contributed by atoms with Gasteiger partial charge in [-0.3, -0.25) is 13.8 Å². The molecule has 0 heterocycles. The van der Waals surface area contributed by atoms with Gasteiger partial charge in [0, 0.05) is 6.42 Å². The molecule has 0 rings (SSSR count). The number of carbonyl (C=O) groups excluding carboxylic acids is 1. The molecule has 362 valence electrons. The van der Waals surface area contributed by atoms with Crippen LogP contribution in [0.3, 0.4) is 0 Å². The van der Waals surface area contributed by atoms with Crippen molar-refractivity contribution in [2.24, 2.45) is 0 Å². The van der Waals surface area contributed by atoms with Crippen molar-refractivity contribution in [3.8, 4) is 0 Å². The summed E-state index contributed by atoms with van der Waals surface area (Å²) in [7, 11) is 1.53. The van der Waals surface area contributed by atoms with E-state index < -0.39 is 20.0 Å². The minimum absolute atomic E-state index is 0.0493. The molecule has 0 aliphatic heterocycles. The number of aliphatic hydroxyl groups is 1. The van der Waals surface area contributed by atoms with Gasteiger partial charge in [-0.2, -0.15) is 0 Å². The highest BCUT2D eigenvalue weighted by molar-refractivity contribution is 7.47.